The quantitative estimate of drug-likeness (QED) is 0.434. The van der Waals surface area contributed by atoms with Crippen LogP contribution in [0.3, 0.4) is 0 Å². The zero-order chi connectivity index (χ0) is 9.41. The van der Waals surface area contributed by atoms with E-state index in [9.17, 15) is 0 Å². The molecule has 0 atom stereocenters. The summed E-state index contributed by atoms with van der Waals surface area (Å²) in [6.07, 6.45) is 4.00. The van der Waals surface area contributed by atoms with Crippen LogP contribution in [0, 0.1) is 0 Å². The predicted octanol–water partition coefficient (Wildman–Crippen LogP) is 0.307. The summed E-state index contributed by atoms with van der Waals surface area (Å²) in [4.78, 5) is 0. The molecule has 3 heteroatoms. The summed E-state index contributed by atoms with van der Waals surface area (Å²) in [6.45, 7) is 4.00. The molecule has 0 bridgehead atoms. The van der Waals surface area contributed by atoms with E-state index in [0.29, 0.717) is 0 Å². The normalized spacial score (nSPS) is 5.60. The molecule has 0 aliphatic rings. The van der Waals surface area contributed by atoms with Crippen LogP contribution in [0.25, 0.3) is 0 Å². The molecule has 0 heterocycles. The number of nitrogens with two attached hydrogens (primary N) is 3. The third-order valence-electron chi connectivity index (χ3n) is 0.333. The van der Waals surface area contributed by atoms with Gasteiger partial charge in [0.15, 0.2) is 0 Å². The number of hydrogen-bond acceptors (Lipinski definition) is 3. The summed E-state index contributed by atoms with van der Waals surface area (Å²) in [6, 6.07) is 0. The molecule has 0 saturated carbocycles. The molecule has 0 aromatic carbocycles. The topological polar surface area (TPSA) is 78.1 Å². The van der Waals surface area contributed by atoms with E-state index in [4.69, 9.17) is 0 Å². The highest BCUT2D eigenvalue weighted by Gasteiger charge is 1.34. The lowest BCUT2D eigenvalue weighted by Gasteiger charge is -1.49. The van der Waals surface area contributed by atoms with E-state index in [-0.39, 0.29) is 0 Å². The summed E-state index contributed by atoms with van der Waals surface area (Å²) in [7, 11) is 4.50. The van der Waals surface area contributed by atoms with E-state index in [0.717, 1.165) is 0 Å². The van der Waals surface area contributed by atoms with E-state index >= 15 is 0 Å². The molecule has 0 aliphatic heterocycles. The van der Waals surface area contributed by atoms with Gasteiger partial charge in [-0.15, -0.1) is 0 Å². The molecule has 66 valence electrons. The maximum atomic E-state index is 4.50. The summed E-state index contributed by atoms with van der Waals surface area (Å²) in [5.74, 6) is 0. The lowest BCUT2D eigenvalue weighted by Crippen LogP contribution is -1.69. The van der Waals surface area contributed by atoms with E-state index in [1.54, 1.807) is 0 Å². The lowest BCUT2D eigenvalue weighted by atomic mass is 10.6. The highest BCUT2D eigenvalue weighted by molar-refractivity contribution is 4.68. The van der Waals surface area contributed by atoms with Gasteiger partial charge < -0.3 is 17.2 Å². The maximum Gasteiger partial charge on any atom is -0.0195 e. The molecule has 0 aromatic rings. The molecule has 0 amide bonds. The molecule has 10 heavy (non-hydrogen) atoms. The van der Waals surface area contributed by atoms with Gasteiger partial charge in [-0.05, 0) is 35.0 Å². The maximum absolute atomic E-state index is 4.50. The number of rotatable bonds is 0. The van der Waals surface area contributed by atoms with Crippen LogP contribution >= 0.6 is 0 Å². The molecule has 0 aliphatic carbocycles. The van der Waals surface area contributed by atoms with Crippen molar-refractivity contribution in [3.05, 3.63) is 12.2 Å². The Morgan fingerprint density at radius 2 is 0.700 bits per heavy atom. The fourth-order valence-electron chi connectivity index (χ4n) is 0. The van der Waals surface area contributed by atoms with Crippen molar-refractivity contribution in [2.75, 3.05) is 21.1 Å². The fourth-order valence-corrected chi connectivity index (χ4v) is 0. The van der Waals surface area contributed by atoms with Gasteiger partial charge in [0.05, 0.1) is 0 Å². The van der Waals surface area contributed by atoms with Gasteiger partial charge in [0, 0.05) is 0 Å². The molecule has 3 nitrogen and oxygen atoms in total. The van der Waals surface area contributed by atoms with Gasteiger partial charge in [-0.25, -0.2) is 0 Å². The Balaban J connectivity index is -0.0000000262. The zero-order valence-electron chi connectivity index (χ0n) is 7.89. The highest BCUT2D eigenvalue weighted by Crippen LogP contribution is 1.57. The Hall–Kier alpha value is -0.380. The molecule has 0 saturated heterocycles. The van der Waals surface area contributed by atoms with Gasteiger partial charge in [-0.1, -0.05) is 12.2 Å². The summed E-state index contributed by atoms with van der Waals surface area (Å²) >= 11 is 0. The Labute approximate surface area is 65.3 Å². The number of allylic oxidation sites excluding steroid dienone is 2. The van der Waals surface area contributed by atoms with Crippen LogP contribution < -0.4 is 17.2 Å². The Kier molecular flexibility index (Phi) is 432. The van der Waals surface area contributed by atoms with Crippen LogP contribution in [-0.4, -0.2) is 21.1 Å². The van der Waals surface area contributed by atoms with Gasteiger partial charge in [0.1, 0.15) is 0 Å². The first-order valence-corrected chi connectivity index (χ1v) is 3.22. The molecular weight excluding hydrogens is 126 g/mol. The van der Waals surface area contributed by atoms with Gasteiger partial charge in [-0.2, -0.15) is 0 Å². The van der Waals surface area contributed by atoms with Gasteiger partial charge >= 0.3 is 0 Å². The first-order chi connectivity index (χ1) is 4.91. The van der Waals surface area contributed by atoms with Crippen molar-refractivity contribution in [2.45, 2.75) is 13.8 Å². The second kappa shape index (κ2) is 191. The van der Waals surface area contributed by atoms with Crippen molar-refractivity contribution < 1.29 is 0 Å². The molecule has 6 N–H and O–H groups in total. The monoisotopic (exact) mass is 149 g/mol. The first kappa shape index (κ1) is 22.6. The van der Waals surface area contributed by atoms with Crippen molar-refractivity contribution >= 4 is 0 Å². The van der Waals surface area contributed by atoms with Crippen LogP contribution in [0.5, 0.6) is 0 Å². The van der Waals surface area contributed by atoms with Crippen LogP contribution in [0.2, 0.25) is 0 Å². The lowest BCUT2D eigenvalue weighted by molar-refractivity contribution is 1.48. The van der Waals surface area contributed by atoms with Gasteiger partial charge in [0.2, 0.25) is 0 Å². The smallest absolute Gasteiger partial charge is 0.0195 e. The standard InChI is InChI=1S/C4H8.3CH5N/c1-3-4-2;3*1-2/h3-4H,1-2H3;3*2H2,1H3. The Morgan fingerprint density at radius 3 is 0.700 bits per heavy atom. The molecule has 0 unspecified atom stereocenters. The van der Waals surface area contributed by atoms with E-state index in [1.807, 2.05) is 26.0 Å². The number of hydrogen-bond donors (Lipinski definition) is 3. The van der Waals surface area contributed by atoms with Crippen molar-refractivity contribution in [1.82, 2.24) is 0 Å². The summed E-state index contributed by atoms with van der Waals surface area (Å²) < 4.78 is 0. The third-order valence-corrected chi connectivity index (χ3v) is 0.333. The molecule has 0 aromatic heterocycles. The summed E-state index contributed by atoms with van der Waals surface area (Å²) in [5, 5.41) is 0. The minimum absolute atomic E-state index is 1.50. The van der Waals surface area contributed by atoms with Crippen LogP contribution in [-0.2, 0) is 0 Å². The van der Waals surface area contributed by atoms with Crippen molar-refractivity contribution in [2.24, 2.45) is 17.2 Å². The first-order valence-electron chi connectivity index (χ1n) is 3.22. The molecule has 0 fully saturated rings. The van der Waals surface area contributed by atoms with Crippen LogP contribution in [0.1, 0.15) is 13.8 Å². The second-order valence-corrected chi connectivity index (χ2v) is 0.667. The largest absolute Gasteiger partial charge is 0.333 e. The zero-order valence-corrected chi connectivity index (χ0v) is 7.89. The second-order valence-electron chi connectivity index (χ2n) is 0.667. The average Bonchev–Trinajstić information content (AvgIpc) is 2.14. The highest BCUT2D eigenvalue weighted by atomic mass is 14.4. The van der Waals surface area contributed by atoms with E-state index in [1.165, 1.54) is 21.1 Å². The van der Waals surface area contributed by atoms with E-state index < -0.39 is 0 Å². The van der Waals surface area contributed by atoms with E-state index in [2.05, 4.69) is 17.2 Å². The molecule has 0 spiro atoms. The SMILES string of the molecule is CC=CC.CN.CN.CN. The van der Waals surface area contributed by atoms with Gasteiger partial charge in [-0.3, -0.25) is 0 Å². The fraction of sp³-hybridized carbons (Fsp3) is 0.714. The average molecular weight is 149 g/mol. The van der Waals surface area contributed by atoms with Crippen molar-refractivity contribution in [3.8, 4) is 0 Å². The summed E-state index contributed by atoms with van der Waals surface area (Å²) in [5.41, 5.74) is 13.5. The van der Waals surface area contributed by atoms with Crippen molar-refractivity contribution in [3.63, 3.8) is 0 Å². The minimum Gasteiger partial charge on any atom is -0.333 e. The predicted molar refractivity (Wildman–Crippen MR) is 50.8 cm³/mol. The third kappa shape index (κ3) is 869. The minimum atomic E-state index is 1.50. The molecule has 0 rings (SSSR count). The Morgan fingerprint density at radius 1 is 0.600 bits per heavy atom. The van der Waals surface area contributed by atoms with Gasteiger partial charge in [0.25, 0.3) is 0 Å². The van der Waals surface area contributed by atoms with Crippen LogP contribution in [0.4, 0.5) is 0 Å². The van der Waals surface area contributed by atoms with Crippen LogP contribution in [0.15, 0.2) is 12.2 Å². The Bertz CT molecular complexity index is 24.0. The molecular formula is C7H23N3. The molecule has 0 radical (unpaired) electrons. The van der Waals surface area contributed by atoms with Crippen molar-refractivity contribution in [1.29, 1.82) is 0 Å².